The fourth-order valence-electron chi connectivity index (χ4n) is 1.77. The zero-order valence-corrected chi connectivity index (χ0v) is 10.6. The molecule has 0 saturated carbocycles. The van der Waals surface area contributed by atoms with Crippen molar-refractivity contribution < 1.29 is 4.39 Å². The number of hydrogen-bond donors (Lipinski definition) is 1. The van der Waals surface area contributed by atoms with Crippen molar-refractivity contribution in [3.63, 3.8) is 0 Å². The van der Waals surface area contributed by atoms with E-state index in [0.29, 0.717) is 0 Å². The maximum Gasteiger partial charge on any atom is 0.123 e. The Morgan fingerprint density at radius 1 is 1.12 bits per heavy atom. The van der Waals surface area contributed by atoms with E-state index < -0.39 is 0 Å². The first-order valence-corrected chi connectivity index (χ1v) is 6.59. The fourth-order valence-corrected chi connectivity index (χ4v) is 2.78. The first kappa shape index (κ1) is 12.3. The minimum Gasteiger partial charge on any atom is -0.324 e. The van der Waals surface area contributed by atoms with Gasteiger partial charge in [0.05, 0.1) is 0 Å². The first-order valence-electron chi connectivity index (χ1n) is 5.77. The fraction of sp³-hybridized carbons (Fsp3) is 0.286. The van der Waals surface area contributed by atoms with Crippen LogP contribution in [-0.2, 0) is 12.8 Å². The predicted molar refractivity (Wildman–Crippen MR) is 70.7 cm³/mol. The van der Waals surface area contributed by atoms with Crippen molar-refractivity contribution >= 4 is 11.3 Å². The van der Waals surface area contributed by atoms with Gasteiger partial charge in [0, 0.05) is 22.2 Å². The van der Waals surface area contributed by atoms with Gasteiger partial charge in [-0.05, 0) is 36.2 Å². The Morgan fingerprint density at radius 2 is 1.76 bits per heavy atom. The van der Waals surface area contributed by atoms with Crippen molar-refractivity contribution in [1.29, 1.82) is 0 Å². The van der Waals surface area contributed by atoms with Gasteiger partial charge in [0.2, 0.25) is 0 Å². The van der Waals surface area contributed by atoms with Crippen molar-refractivity contribution in [2.24, 2.45) is 5.73 Å². The van der Waals surface area contributed by atoms with Gasteiger partial charge in [0.15, 0.2) is 0 Å². The van der Waals surface area contributed by atoms with Gasteiger partial charge in [-0.1, -0.05) is 19.1 Å². The summed E-state index contributed by atoms with van der Waals surface area (Å²) in [5.41, 5.74) is 7.10. The quantitative estimate of drug-likeness (QED) is 0.878. The van der Waals surface area contributed by atoms with Crippen LogP contribution in [0, 0.1) is 5.82 Å². The predicted octanol–water partition coefficient (Wildman–Crippen LogP) is 3.69. The van der Waals surface area contributed by atoms with Gasteiger partial charge in [-0.25, -0.2) is 4.39 Å². The van der Waals surface area contributed by atoms with Crippen molar-refractivity contribution in [2.45, 2.75) is 25.8 Å². The minimum atomic E-state index is -0.217. The van der Waals surface area contributed by atoms with Crippen LogP contribution >= 0.6 is 11.3 Å². The van der Waals surface area contributed by atoms with Gasteiger partial charge in [0.1, 0.15) is 5.82 Å². The number of aryl methyl sites for hydroxylation is 1. The standard InChI is InChI=1S/C14H16FNS/c1-2-12-7-8-13(17-12)9-14(16)10-3-5-11(15)6-4-10/h3-8,14H,2,9,16H2,1H3. The molecule has 0 aliphatic heterocycles. The monoisotopic (exact) mass is 249 g/mol. The van der Waals surface area contributed by atoms with E-state index in [1.54, 1.807) is 23.5 Å². The molecular weight excluding hydrogens is 233 g/mol. The van der Waals surface area contributed by atoms with E-state index in [1.165, 1.54) is 21.9 Å². The van der Waals surface area contributed by atoms with Gasteiger partial charge < -0.3 is 5.73 Å². The number of thiophene rings is 1. The normalized spacial score (nSPS) is 12.6. The van der Waals surface area contributed by atoms with Gasteiger partial charge in [-0.2, -0.15) is 0 Å². The lowest BCUT2D eigenvalue weighted by Gasteiger charge is -2.10. The van der Waals surface area contributed by atoms with Crippen LogP contribution in [0.5, 0.6) is 0 Å². The molecule has 2 aromatic rings. The molecule has 0 aliphatic carbocycles. The van der Waals surface area contributed by atoms with Crippen LogP contribution in [0.2, 0.25) is 0 Å². The van der Waals surface area contributed by atoms with E-state index in [-0.39, 0.29) is 11.9 Å². The lowest BCUT2D eigenvalue weighted by molar-refractivity contribution is 0.624. The van der Waals surface area contributed by atoms with E-state index in [2.05, 4.69) is 19.1 Å². The number of halogens is 1. The molecule has 3 heteroatoms. The minimum absolute atomic E-state index is 0.0565. The van der Waals surface area contributed by atoms with E-state index in [9.17, 15) is 4.39 Å². The summed E-state index contributed by atoms with van der Waals surface area (Å²) in [7, 11) is 0. The SMILES string of the molecule is CCc1ccc(CC(N)c2ccc(F)cc2)s1. The summed E-state index contributed by atoms with van der Waals surface area (Å²) in [6, 6.07) is 10.7. The highest BCUT2D eigenvalue weighted by molar-refractivity contribution is 7.11. The zero-order chi connectivity index (χ0) is 12.3. The highest BCUT2D eigenvalue weighted by Crippen LogP contribution is 2.23. The summed E-state index contributed by atoms with van der Waals surface area (Å²) >= 11 is 1.80. The Morgan fingerprint density at radius 3 is 2.35 bits per heavy atom. The van der Waals surface area contributed by atoms with Crippen LogP contribution in [0.1, 0.15) is 28.3 Å². The Labute approximate surface area is 105 Å². The van der Waals surface area contributed by atoms with Crippen LogP contribution in [0.25, 0.3) is 0 Å². The molecule has 0 radical (unpaired) electrons. The molecule has 0 fully saturated rings. The van der Waals surface area contributed by atoms with E-state index in [1.807, 2.05) is 0 Å². The molecule has 1 unspecified atom stereocenters. The van der Waals surface area contributed by atoms with Crippen LogP contribution < -0.4 is 5.73 Å². The van der Waals surface area contributed by atoms with Crippen LogP contribution in [0.4, 0.5) is 4.39 Å². The Kier molecular flexibility index (Phi) is 3.92. The molecule has 1 heterocycles. The molecule has 0 saturated heterocycles. The molecule has 17 heavy (non-hydrogen) atoms. The third-order valence-corrected chi connectivity index (χ3v) is 4.04. The highest BCUT2D eigenvalue weighted by Gasteiger charge is 2.08. The number of nitrogens with two attached hydrogens (primary N) is 1. The molecule has 1 aromatic heterocycles. The number of benzene rings is 1. The Hall–Kier alpha value is -1.19. The van der Waals surface area contributed by atoms with Gasteiger partial charge in [-0.3, -0.25) is 0 Å². The maximum atomic E-state index is 12.8. The molecule has 90 valence electrons. The molecule has 0 spiro atoms. The van der Waals surface area contributed by atoms with Crippen molar-refractivity contribution in [1.82, 2.24) is 0 Å². The van der Waals surface area contributed by atoms with E-state index in [4.69, 9.17) is 5.73 Å². The summed E-state index contributed by atoms with van der Waals surface area (Å²) in [4.78, 5) is 2.67. The maximum absolute atomic E-state index is 12.8. The second-order valence-electron chi connectivity index (χ2n) is 4.08. The summed E-state index contributed by atoms with van der Waals surface area (Å²) < 4.78 is 12.8. The number of hydrogen-bond acceptors (Lipinski definition) is 2. The van der Waals surface area contributed by atoms with Crippen LogP contribution in [-0.4, -0.2) is 0 Å². The molecular formula is C14H16FNS. The second kappa shape index (κ2) is 5.43. The summed E-state index contributed by atoms with van der Waals surface area (Å²) in [5, 5.41) is 0. The summed E-state index contributed by atoms with van der Waals surface area (Å²) in [6.07, 6.45) is 1.88. The molecule has 0 aliphatic rings. The smallest absolute Gasteiger partial charge is 0.123 e. The van der Waals surface area contributed by atoms with E-state index in [0.717, 1.165) is 18.4 Å². The average Bonchev–Trinajstić information content (AvgIpc) is 2.77. The summed E-state index contributed by atoms with van der Waals surface area (Å²) in [5.74, 6) is -0.217. The highest BCUT2D eigenvalue weighted by atomic mass is 32.1. The molecule has 1 atom stereocenters. The van der Waals surface area contributed by atoms with Crippen molar-refractivity contribution in [3.8, 4) is 0 Å². The van der Waals surface area contributed by atoms with Crippen molar-refractivity contribution in [3.05, 3.63) is 57.5 Å². The first-order chi connectivity index (χ1) is 8.19. The van der Waals surface area contributed by atoms with Crippen LogP contribution in [0.3, 0.4) is 0 Å². The third-order valence-electron chi connectivity index (χ3n) is 2.79. The summed E-state index contributed by atoms with van der Waals surface area (Å²) in [6.45, 7) is 2.15. The van der Waals surface area contributed by atoms with Crippen LogP contribution in [0.15, 0.2) is 36.4 Å². The van der Waals surface area contributed by atoms with E-state index >= 15 is 0 Å². The molecule has 1 aromatic carbocycles. The largest absolute Gasteiger partial charge is 0.324 e. The number of rotatable bonds is 4. The lowest BCUT2D eigenvalue weighted by Crippen LogP contribution is -2.12. The molecule has 2 N–H and O–H groups in total. The van der Waals surface area contributed by atoms with Gasteiger partial charge in [0.25, 0.3) is 0 Å². The molecule has 0 bridgehead atoms. The second-order valence-corrected chi connectivity index (χ2v) is 5.34. The lowest BCUT2D eigenvalue weighted by atomic mass is 10.0. The Bertz CT molecular complexity index is 475. The van der Waals surface area contributed by atoms with Gasteiger partial charge >= 0.3 is 0 Å². The topological polar surface area (TPSA) is 26.0 Å². The third kappa shape index (κ3) is 3.14. The molecule has 1 nitrogen and oxygen atoms in total. The van der Waals surface area contributed by atoms with Crippen molar-refractivity contribution in [2.75, 3.05) is 0 Å². The molecule has 0 amide bonds. The molecule has 2 rings (SSSR count). The zero-order valence-electron chi connectivity index (χ0n) is 9.82. The average molecular weight is 249 g/mol. The Balaban J connectivity index is 2.05. The van der Waals surface area contributed by atoms with Gasteiger partial charge in [-0.15, -0.1) is 11.3 Å².